The topological polar surface area (TPSA) is 88.0 Å². The van der Waals surface area contributed by atoms with Crippen LogP contribution >= 0.6 is 0 Å². The highest BCUT2D eigenvalue weighted by Crippen LogP contribution is 2.17. The average Bonchev–Trinajstić information content (AvgIpc) is 2.30. The SMILES string of the molecule is Cc1cc(C)c(C(=O)N[C@H]2CC[C@H](N)CC2)c(=O)[nH]1. The van der Waals surface area contributed by atoms with Gasteiger partial charge in [0.1, 0.15) is 5.56 Å². The molecule has 1 fully saturated rings. The summed E-state index contributed by atoms with van der Waals surface area (Å²) in [6, 6.07) is 2.19. The number of carbonyl (C=O) groups is 1. The second kappa shape index (κ2) is 5.57. The molecule has 0 radical (unpaired) electrons. The highest BCUT2D eigenvalue weighted by Gasteiger charge is 2.22. The summed E-state index contributed by atoms with van der Waals surface area (Å²) in [4.78, 5) is 26.7. The Hall–Kier alpha value is -1.62. The van der Waals surface area contributed by atoms with Crippen molar-refractivity contribution in [3.8, 4) is 0 Å². The van der Waals surface area contributed by atoms with Gasteiger partial charge in [0.05, 0.1) is 0 Å². The van der Waals surface area contributed by atoms with E-state index in [1.54, 1.807) is 13.8 Å². The van der Waals surface area contributed by atoms with Crippen molar-refractivity contribution in [1.82, 2.24) is 10.3 Å². The minimum absolute atomic E-state index is 0.132. The van der Waals surface area contributed by atoms with Gasteiger partial charge < -0.3 is 16.0 Å². The molecule has 1 aromatic heterocycles. The predicted octanol–water partition coefficient (Wildman–Crippen LogP) is 0.991. The molecular formula is C14H21N3O2. The van der Waals surface area contributed by atoms with E-state index < -0.39 is 0 Å². The first kappa shape index (κ1) is 13.8. The molecule has 0 bridgehead atoms. The van der Waals surface area contributed by atoms with Gasteiger partial charge in [-0.2, -0.15) is 0 Å². The van der Waals surface area contributed by atoms with E-state index in [0.29, 0.717) is 5.56 Å². The molecule has 0 atom stereocenters. The Balaban J connectivity index is 2.10. The Morgan fingerprint density at radius 3 is 2.53 bits per heavy atom. The molecule has 5 nitrogen and oxygen atoms in total. The first-order chi connectivity index (χ1) is 8.97. The lowest BCUT2D eigenvalue weighted by atomic mass is 9.91. The summed E-state index contributed by atoms with van der Waals surface area (Å²) in [6.45, 7) is 3.59. The van der Waals surface area contributed by atoms with Crippen molar-refractivity contribution >= 4 is 5.91 Å². The van der Waals surface area contributed by atoms with E-state index in [1.807, 2.05) is 6.07 Å². The Bertz CT molecular complexity index is 528. The second-order valence-electron chi connectivity index (χ2n) is 5.42. The quantitative estimate of drug-likeness (QED) is 0.743. The molecule has 2 rings (SSSR count). The summed E-state index contributed by atoms with van der Waals surface area (Å²) in [7, 11) is 0. The lowest BCUT2D eigenvalue weighted by Crippen LogP contribution is -2.42. The standard InChI is InChI=1S/C14H21N3O2/c1-8-7-9(2)16-13(18)12(8)14(19)17-11-5-3-10(15)4-6-11/h7,10-11H,3-6,15H2,1-2H3,(H,16,18)(H,17,19)/t10-,11-. The van der Waals surface area contributed by atoms with Gasteiger partial charge in [-0.05, 0) is 51.2 Å². The monoisotopic (exact) mass is 263 g/mol. The van der Waals surface area contributed by atoms with Crippen molar-refractivity contribution in [1.29, 1.82) is 0 Å². The van der Waals surface area contributed by atoms with E-state index in [2.05, 4.69) is 10.3 Å². The van der Waals surface area contributed by atoms with Crippen molar-refractivity contribution < 1.29 is 4.79 Å². The first-order valence-corrected chi connectivity index (χ1v) is 6.74. The van der Waals surface area contributed by atoms with Crippen LogP contribution in [0.1, 0.15) is 47.3 Å². The first-order valence-electron chi connectivity index (χ1n) is 6.74. The van der Waals surface area contributed by atoms with E-state index in [-0.39, 0.29) is 29.1 Å². The summed E-state index contributed by atoms with van der Waals surface area (Å²) >= 11 is 0. The Labute approximate surface area is 112 Å². The van der Waals surface area contributed by atoms with E-state index >= 15 is 0 Å². The van der Waals surface area contributed by atoms with Gasteiger partial charge in [-0.3, -0.25) is 9.59 Å². The summed E-state index contributed by atoms with van der Waals surface area (Å²) in [6.07, 6.45) is 3.62. The number of hydrogen-bond donors (Lipinski definition) is 3. The third kappa shape index (κ3) is 3.23. The highest BCUT2D eigenvalue weighted by molar-refractivity contribution is 5.95. The molecular weight excluding hydrogens is 242 g/mol. The van der Waals surface area contributed by atoms with Crippen LogP contribution in [0.4, 0.5) is 0 Å². The molecule has 0 aromatic carbocycles. The Kier molecular flexibility index (Phi) is 4.04. The third-order valence-corrected chi connectivity index (χ3v) is 3.70. The number of nitrogens with two attached hydrogens (primary N) is 1. The number of nitrogens with one attached hydrogen (secondary N) is 2. The Morgan fingerprint density at radius 2 is 1.95 bits per heavy atom. The van der Waals surface area contributed by atoms with Gasteiger partial charge in [0.2, 0.25) is 0 Å². The van der Waals surface area contributed by atoms with E-state index in [9.17, 15) is 9.59 Å². The molecule has 1 aliphatic rings. The number of pyridine rings is 1. The number of aromatic nitrogens is 1. The zero-order chi connectivity index (χ0) is 14.0. The van der Waals surface area contributed by atoms with Crippen LogP contribution < -0.4 is 16.6 Å². The van der Waals surface area contributed by atoms with Crippen LogP contribution in [-0.4, -0.2) is 23.0 Å². The number of H-pyrrole nitrogens is 1. The van der Waals surface area contributed by atoms with Gasteiger partial charge in [0.15, 0.2) is 0 Å². The fraction of sp³-hybridized carbons (Fsp3) is 0.571. The molecule has 4 N–H and O–H groups in total. The van der Waals surface area contributed by atoms with Gasteiger partial charge in [-0.25, -0.2) is 0 Å². The van der Waals surface area contributed by atoms with Crippen LogP contribution in [0.3, 0.4) is 0 Å². The van der Waals surface area contributed by atoms with E-state index in [4.69, 9.17) is 5.73 Å². The molecule has 1 aliphatic carbocycles. The van der Waals surface area contributed by atoms with Gasteiger partial charge >= 0.3 is 0 Å². The maximum atomic E-state index is 12.2. The van der Waals surface area contributed by atoms with Gasteiger partial charge in [-0.15, -0.1) is 0 Å². The number of aromatic amines is 1. The van der Waals surface area contributed by atoms with Crippen molar-refractivity contribution in [2.45, 2.75) is 51.6 Å². The van der Waals surface area contributed by atoms with E-state index in [0.717, 1.165) is 31.4 Å². The maximum Gasteiger partial charge on any atom is 0.261 e. The van der Waals surface area contributed by atoms with Gasteiger partial charge in [0, 0.05) is 17.8 Å². The third-order valence-electron chi connectivity index (χ3n) is 3.70. The lowest BCUT2D eigenvalue weighted by Gasteiger charge is -2.26. The fourth-order valence-corrected chi connectivity index (χ4v) is 2.66. The van der Waals surface area contributed by atoms with Crippen molar-refractivity contribution in [3.05, 3.63) is 33.2 Å². The lowest BCUT2D eigenvalue weighted by molar-refractivity contribution is 0.0923. The van der Waals surface area contributed by atoms with Gasteiger partial charge in [0.25, 0.3) is 11.5 Å². The molecule has 5 heteroatoms. The van der Waals surface area contributed by atoms with Crippen LogP contribution in [-0.2, 0) is 0 Å². The highest BCUT2D eigenvalue weighted by atomic mass is 16.2. The van der Waals surface area contributed by atoms with Crippen molar-refractivity contribution in [2.24, 2.45) is 5.73 Å². The van der Waals surface area contributed by atoms with Crippen LogP contribution in [0.2, 0.25) is 0 Å². The molecule has 1 saturated carbocycles. The van der Waals surface area contributed by atoms with E-state index in [1.165, 1.54) is 0 Å². The molecule has 0 saturated heterocycles. The van der Waals surface area contributed by atoms with Crippen molar-refractivity contribution in [3.63, 3.8) is 0 Å². The summed E-state index contributed by atoms with van der Waals surface area (Å²) in [5, 5.41) is 2.94. The molecule has 1 heterocycles. The van der Waals surface area contributed by atoms with Crippen LogP contribution in [0, 0.1) is 13.8 Å². The summed E-state index contributed by atoms with van der Waals surface area (Å²) < 4.78 is 0. The average molecular weight is 263 g/mol. The predicted molar refractivity (Wildman–Crippen MR) is 74.2 cm³/mol. The van der Waals surface area contributed by atoms with Gasteiger partial charge in [-0.1, -0.05) is 0 Å². The Morgan fingerprint density at radius 1 is 1.32 bits per heavy atom. The normalized spacial score (nSPS) is 23.1. The molecule has 0 unspecified atom stereocenters. The summed E-state index contributed by atoms with van der Waals surface area (Å²) in [5.41, 5.74) is 7.22. The largest absolute Gasteiger partial charge is 0.349 e. The molecule has 0 aliphatic heterocycles. The molecule has 104 valence electrons. The summed E-state index contributed by atoms with van der Waals surface area (Å²) in [5.74, 6) is -0.278. The smallest absolute Gasteiger partial charge is 0.261 e. The maximum absolute atomic E-state index is 12.2. The number of aryl methyl sites for hydroxylation is 2. The zero-order valence-electron chi connectivity index (χ0n) is 11.5. The minimum Gasteiger partial charge on any atom is -0.349 e. The number of hydrogen-bond acceptors (Lipinski definition) is 3. The fourth-order valence-electron chi connectivity index (χ4n) is 2.66. The zero-order valence-corrected chi connectivity index (χ0v) is 11.5. The molecule has 1 aromatic rings. The molecule has 19 heavy (non-hydrogen) atoms. The van der Waals surface area contributed by atoms with Crippen molar-refractivity contribution in [2.75, 3.05) is 0 Å². The molecule has 0 spiro atoms. The number of carbonyl (C=O) groups excluding carboxylic acids is 1. The minimum atomic E-state index is -0.317. The number of rotatable bonds is 2. The van der Waals surface area contributed by atoms with Crippen LogP contribution in [0.5, 0.6) is 0 Å². The number of amides is 1. The second-order valence-corrected chi connectivity index (χ2v) is 5.42. The van der Waals surface area contributed by atoms with Crippen LogP contribution in [0.15, 0.2) is 10.9 Å². The van der Waals surface area contributed by atoms with Crippen LogP contribution in [0.25, 0.3) is 0 Å². The molecule has 1 amide bonds.